The average molecular weight is 510 g/mol. The number of oxime groups is 1. The number of ketones is 1. The van der Waals surface area contributed by atoms with Gasteiger partial charge in [0.1, 0.15) is 17.8 Å². The number of Topliss-reactive ketones (excluding diaryl/α,β-unsaturated/α-hetero) is 1. The first kappa shape index (κ1) is 23.8. The third-order valence-electron chi connectivity index (χ3n) is 6.83. The summed E-state index contributed by atoms with van der Waals surface area (Å²) in [6.07, 6.45) is 4.30. The molecule has 0 spiro atoms. The molecule has 2 aliphatic rings. The summed E-state index contributed by atoms with van der Waals surface area (Å²) in [5, 5.41) is 8.57. The molecule has 2 aromatic carbocycles. The molecule has 0 N–H and O–H groups in total. The highest BCUT2D eigenvalue weighted by Crippen LogP contribution is 2.50. The third kappa shape index (κ3) is 4.40. The topological polar surface area (TPSA) is 100 Å². The Hall–Kier alpha value is -4.53. The number of benzene rings is 2. The van der Waals surface area contributed by atoms with Crippen molar-refractivity contribution >= 4 is 17.6 Å². The van der Waals surface area contributed by atoms with Crippen molar-refractivity contribution in [3.8, 4) is 11.6 Å². The molecule has 2 aromatic heterocycles. The van der Waals surface area contributed by atoms with Crippen LogP contribution in [0.3, 0.4) is 0 Å². The van der Waals surface area contributed by atoms with Gasteiger partial charge < -0.3 is 14.3 Å². The van der Waals surface area contributed by atoms with E-state index >= 15 is 0 Å². The van der Waals surface area contributed by atoms with Gasteiger partial charge in [-0.15, -0.1) is 5.10 Å². The molecule has 0 bridgehead atoms. The molecule has 38 heavy (non-hydrogen) atoms. The fourth-order valence-electron chi connectivity index (χ4n) is 5.11. The Balaban J connectivity index is 1.40. The Morgan fingerprint density at radius 2 is 1.92 bits per heavy atom. The van der Waals surface area contributed by atoms with Gasteiger partial charge >= 0.3 is 0 Å². The van der Waals surface area contributed by atoms with Crippen molar-refractivity contribution in [2.45, 2.75) is 39.2 Å². The molecule has 6 rings (SSSR count). The van der Waals surface area contributed by atoms with Crippen molar-refractivity contribution in [1.29, 1.82) is 0 Å². The minimum Gasteiger partial charge on any atom is -0.497 e. The number of rotatable bonds is 6. The smallest absolute Gasteiger partial charge is 0.228 e. The van der Waals surface area contributed by atoms with Crippen molar-refractivity contribution < 1.29 is 19.1 Å². The minimum absolute atomic E-state index is 0.0723. The van der Waals surface area contributed by atoms with Gasteiger partial charge in [0, 0.05) is 24.3 Å². The summed E-state index contributed by atoms with van der Waals surface area (Å²) in [5.74, 6) is 1.96. The second kappa shape index (κ2) is 9.41. The molecule has 9 nitrogen and oxygen atoms in total. The number of hydrogen-bond acceptors (Lipinski definition) is 8. The number of methoxy groups -OCH3 is 1. The fourth-order valence-corrected chi connectivity index (χ4v) is 5.11. The maximum absolute atomic E-state index is 13.5. The molecule has 9 heteroatoms. The molecule has 1 aliphatic carbocycles. The van der Waals surface area contributed by atoms with Crippen molar-refractivity contribution in [1.82, 2.24) is 19.6 Å². The van der Waals surface area contributed by atoms with Gasteiger partial charge in [0.05, 0.1) is 18.9 Å². The molecule has 192 valence electrons. The van der Waals surface area contributed by atoms with E-state index in [9.17, 15) is 4.79 Å². The van der Waals surface area contributed by atoms with Crippen LogP contribution in [0.15, 0.2) is 77.4 Å². The van der Waals surface area contributed by atoms with Gasteiger partial charge in [-0.05, 0) is 28.7 Å². The summed E-state index contributed by atoms with van der Waals surface area (Å²) < 4.78 is 13.3. The summed E-state index contributed by atoms with van der Waals surface area (Å²) in [6, 6.07) is 17.4. The molecule has 0 amide bonds. The summed E-state index contributed by atoms with van der Waals surface area (Å²) >= 11 is 0. The van der Waals surface area contributed by atoms with Gasteiger partial charge in [0.25, 0.3) is 0 Å². The molecule has 3 heterocycles. The van der Waals surface area contributed by atoms with Crippen molar-refractivity contribution in [2.75, 3.05) is 7.11 Å². The second-order valence-electron chi connectivity index (χ2n) is 10.3. The number of ether oxygens (including phenoxy) is 2. The summed E-state index contributed by atoms with van der Waals surface area (Å²) in [6.45, 7) is 4.24. The molecular formula is C29H27N5O4. The van der Waals surface area contributed by atoms with E-state index in [1.165, 1.54) is 0 Å². The van der Waals surface area contributed by atoms with Gasteiger partial charge in [-0.1, -0.05) is 61.5 Å². The van der Waals surface area contributed by atoms with Crippen molar-refractivity contribution in [3.63, 3.8) is 0 Å². The summed E-state index contributed by atoms with van der Waals surface area (Å²) in [7, 11) is 1.63. The SMILES string of the molecule is COc1ccc([C@@H]2C3=C(CC(C)(C)CC3=O)Oc3ncn4nc(CO/N=C\c5ccccc5)nc4c32)cc1. The van der Waals surface area contributed by atoms with Crippen LogP contribution in [0.5, 0.6) is 11.6 Å². The molecule has 0 fully saturated rings. The van der Waals surface area contributed by atoms with Crippen molar-refractivity contribution in [3.05, 3.63) is 94.8 Å². The Bertz CT molecular complexity index is 1570. The lowest BCUT2D eigenvalue weighted by atomic mass is 9.70. The second-order valence-corrected chi connectivity index (χ2v) is 10.3. The predicted molar refractivity (Wildman–Crippen MR) is 140 cm³/mol. The number of fused-ring (bicyclic) bond motifs is 3. The van der Waals surface area contributed by atoms with Gasteiger partial charge in [-0.25, -0.2) is 14.5 Å². The number of hydrogen-bond donors (Lipinski definition) is 0. The van der Waals surface area contributed by atoms with Crippen LogP contribution in [0.1, 0.15) is 55.1 Å². The molecule has 0 radical (unpaired) electrons. The molecule has 1 atom stereocenters. The van der Waals surface area contributed by atoms with Crippen LogP contribution in [0.25, 0.3) is 5.65 Å². The zero-order valence-electron chi connectivity index (χ0n) is 21.4. The van der Waals surface area contributed by atoms with Crippen LogP contribution in [0, 0.1) is 5.41 Å². The maximum atomic E-state index is 13.5. The highest BCUT2D eigenvalue weighted by molar-refractivity contribution is 6.00. The quantitative estimate of drug-likeness (QED) is 0.271. The fraction of sp³-hybridized carbons (Fsp3) is 0.276. The van der Waals surface area contributed by atoms with E-state index in [0.717, 1.165) is 16.9 Å². The Morgan fingerprint density at radius 3 is 2.68 bits per heavy atom. The number of aromatic nitrogens is 4. The number of carbonyl (C=O) groups excluding carboxylic acids is 1. The molecule has 0 saturated heterocycles. The maximum Gasteiger partial charge on any atom is 0.228 e. The molecule has 1 aliphatic heterocycles. The number of carbonyl (C=O) groups is 1. The van der Waals surface area contributed by atoms with Crippen LogP contribution >= 0.6 is 0 Å². The van der Waals surface area contributed by atoms with Crippen LogP contribution in [-0.2, 0) is 16.2 Å². The zero-order valence-corrected chi connectivity index (χ0v) is 21.4. The monoisotopic (exact) mass is 509 g/mol. The lowest BCUT2D eigenvalue weighted by Crippen LogP contribution is -2.33. The lowest BCUT2D eigenvalue weighted by molar-refractivity contribution is -0.118. The first-order valence-electron chi connectivity index (χ1n) is 12.4. The third-order valence-corrected chi connectivity index (χ3v) is 6.83. The first-order chi connectivity index (χ1) is 18.4. The van der Waals surface area contributed by atoms with E-state index in [1.54, 1.807) is 24.2 Å². The number of nitrogens with zero attached hydrogens (tertiary/aromatic N) is 5. The van der Waals surface area contributed by atoms with E-state index in [1.807, 2.05) is 54.6 Å². The van der Waals surface area contributed by atoms with E-state index in [0.29, 0.717) is 47.1 Å². The standard InChI is InChI=1S/C29H27N5O4/c1-29(2)13-21(35)25-22(14-29)38-28-26(24(25)19-9-11-20(36-3)12-10-19)27-32-23(33-34(27)17-30-28)16-37-31-15-18-7-5-4-6-8-18/h4-12,15,17,24H,13-14,16H2,1-3H3/b31-15-/t24-/m1/s1. The van der Waals surface area contributed by atoms with Gasteiger partial charge in [-0.2, -0.15) is 0 Å². The molecule has 0 unspecified atom stereocenters. The molecule has 0 saturated carbocycles. The molecular weight excluding hydrogens is 482 g/mol. The van der Waals surface area contributed by atoms with Gasteiger partial charge in [-0.3, -0.25) is 4.79 Å². The highest BCUT2D eigenvalue weighted by Gasteiger charge is 2.44. The van der Waals surface area contributed by atoms with E-state index in [2.05, 4.69) is 29.1 Å². The highest BCUT2D eigenvalue weighted by atomic mass is 16.6. The van der Waals surface area contributed by atoms with Gasteiger partial charge in [0.15, 0.2) is 23.9 Å². The number of allylic oxidation sites excluding steroid dienone is 2. The van der Waals surface area contributed by atoms with Crippen LogP contribution in [-0.4, -0.2) is 38.7 Å². The largest absolute Gasteiger partial charge is 0.497 e. The van der Waals surface area contributed by atoms with E-state index < -0.39 is 5.92 Å². The van der Waals surface area contributed by atoms with Crippen LogP contribution in [0.2, 0.25) is 0 Å². The minimum atomic E-state index is -0.395. The molecule has 4 aromatic rings. The lowest BCUT2D eigenvalue weighted by Gasteiger charge is -2.37. The van der Waals surface area contributed by atoms with Crippen molar-refractivity contribution in [2.24, 2.45) is 10.6 Å². The Morgan fingerprint density at radius 1 is 1.13 bits per heavy atom. The normalized spacial score (nSPS) is 18.3. The van der Waals surface area contributed by atoms with E-state index in [4.69, 9.17) is 19.3 Å². The zero-order chi connectivity index (χ0) is 26.3. The predicted octanol–water partition coefficient (Wildman–Crippen LogP) is 4.85. The average Bonchev–Trinajstić information content (AvgIpc) is 3.33. The summed E-state index contributed by atoms with van der Waals surface area (Å²) in [5.41, 5.74) is 3.59. The Kier molecular flexibility index (Phi) is 5.90. The van der Waals surface area contributed by atoms with E-state index in [-0.39, 0.29) is 17.8 Å². The van der Waals surface area contributed by atoms with Crippen LogP contribution in [0.4, 0.5) is 0 Å². The Labute approximate surface area is 219 Å². The van der Waals surface area contributed by atoms with Gasteiger partial charge in [0.2, 0.25) is 5.88 Å². The summed E-state index contributed by atoms with van der Waals surface area (Å²) in [4.78, 5) is 28.3. The van der Waals surface area contributed by atoms with Crippen LogP contribution < -0.4 is 9.47 Å². The first-order valence-corrected chi connectivity index (χ1v) is 12.4.